The molecule has 16 heavy (non-hydrogen) atoms. The molecule has 1 N–H and O–H groups in total. The zero-order valence-corrected chi connectivity index (χ0v) is 9.44. The lowest BCUT2D eigenvalue weighted by Crippen LogP contribution is -2.09. The van der Waals surface area contributed by atoms with Gasteiger partial charge in [-0.3, -0.25) is 0 Å². The van der Waals surface area contributed by atoms with Gasteiger partial charge in [0.25, 0.3) is 0 Å². The summed E-state index contributed by atoms with van der Waals surface area (Å²) in [5.74, 6) is -0.102. The molecule has 0 fully saturated rings. The maximum atomic E-state index is 11.6. The Hall–Kier alpha value is -1.65. The van der Waals surface area contributed by atoms with E-state index in [1.165, 1.54) is 25.3 Å². The van der Waals surface area contributed by atoms with Crippen molar-refractivity contribution in [2.45, 2.75) is 4.90 Å². The molecular weight excluding hydrogens is 232 g/mol. The van der Waals surface area contributed by atoms with Crippen LogP contribution in [-0.2, 0) is 9.84 Å². The van der Waals surface area contributed by atoms with Crippen molar-refractivity contribution < 1.29 is 18.3 Å². The first kappa shape index (κ1) is 12.4. The number of hydrogen-bond donors (Lipinski definition) is 1. The number of nitrogens with zero attached hydrogens (tertiary/aromatic N) is 2. The molecule has 0 aromatic heterocycles. The molecule has 0 radical (unpaired) electrons. The van der Waals surface area contributed by atoms with Crippen LogP contribution in [0.5, 0.6) is 5.75 Å². The predicted molar refractivity (Wildman–Crippen MR) is 56.9 cm³/mol. The van der Waals surface area contributed by atoms with E-state index < -0.39 is 16.4 Å². The monoisotopic (exact) mass is 243 g/mol. The van der Waals surface area contributed by atoms with Crippen LogP contribution in [0.2, 0.25) is 0 Å². The molecule has 0 spiro atoms. The van der Waals surface area contributed by atoms with Crippen LogP contribution in [0.25, 0.3) is 4.98 Å². The second kappa shape index (κ2) is 4.92. The molecule has 0 heterocycles. The van der Waals surface area contributed by atoms with Crippen molar-refractivity contribution in [1.29, 1.82) is 5.39 Å². The summed E-state index contributed by atoms with van der Waals surface area (Å²) in [4.78, 5) is 2.91. The Kier molecular flexibility index (Phi) is 3.82. The summed E-state index contributed by atoms with van der Waals surface area (Å²) in [6.45, 7) is -0.458. The van der Waals surface area contributed by atoms with Crippen LogP contribution >= 0.6 is 0 Å². The zero-order chi connectivity index (χ0) is 12.2. The van der Waals surface area contributed by atoms with Gasteiger partial charge in [0.15, 0.2) is 14.8 Å². The van der Waals surface area contributed by atoms with Crippen LogP contribution in [0.1, 0.15) is 0 Å². The highest BCUT2D eigenvalue weighted by Crippen LogP contribution is 2.30. The number of diazo groups is 1. The summed E-state index contributed by atoms with van der Waals surface area (Å²) < 4.78 is 28.0. The van der Waals surface area contributed by atoms with Crippen LogP contribution in [0, 0.1) is 5.39 Å². The van der Waals surface area contributed by atoms with Gasteiger partial charge in [0.05, 0.1) is 30.4 Å². The van der Waals surface area contributed by atoms with Gasteiger partial charge >= 0.3 is 5.69 Å². The highest BCUT2D eigenvalue weighted by molar-refractivity contribution is 7.91. The number of aliphatic hydroxyl groups excluding tert-OH is 1. The average molecular weight is 243 g/mol. The van der Waals surface area contributed by atoms with Crippen molar-refractivity contribution in [2.75, 3.05) is 19.5 Å². The minimum atomic E-state index is -3.54. The second-order valence-electron chi connectivity index (χ2n) is 2.98. The maximum Gasteiger partial charge on any atom is 0.427 e. The number of methoxy groups -OCH3 is 1. The van der Waals surface area contributed by atoms with Crippen molar-refractivity contribution in [2.24, 2.45) is 0 Å². The van der Waals surface area contributed by atoms with Gasteiger partial charge in [-0.2, -0.15) is 0 Å². The van der Waals surface area contributed by atoms with E-state index in [0.29, 0.717) is 0 Å². The van der Waals surface area contributed by atoms with Gasteiger partial charge in [-0.1, -0.05) is 0 Å². The first-order chi connectivity index (χ1) is 7.55. The Bertz CT molecular complexity index is 519. The molecule has 0 aliphatic rings. The molecule has 6 nitrogen and oxygen atoms in total. The standard InChI is InChI=1S/C9H11N2O4S/c1-15-9-3-2-7(6-8(9)11-10)16(13,14)5-4-12/h2-3,6,12H,4-5H2,1H3/q+1. The number of sulfone groups is 1. The molecule has 0 amide bonds. The minimum Gasteiger partial charge on any atom is -0.489 e. The van der Waals surface area contributed by atoms with Crippen LogP contribution in [0.3, 0.4) is 0 Å². The lowest BCUT2D eigenvalue weighted by molar-refractivity contribution is 0.319. The minimum absolute atomic E-state index is 0.0184. The quantitative estimate of drug-likeness (QED) is 0.795. The van der Waals surface area contributed by atoms with Crippen molar-refractivity contribution >= 4 is 15.5 Å². The number of benzene rings is 1. The molecule has 1 aromatic rings. The summed E-state index contributed by atoms with van der Waals surface area (Å²) in [6, 6.07) is 3.90. The molecule has 0 saturated heterocycles. The zero-order valence-electron chi connectivity index (χ0n) is 8.62. The van der Waals surface area contributed by atoms with E-state index in [9.17, 15) is 8.42 Å². The fraction of sp³-hybridized carbons (Fsp3) is 0.333. The first-order valence-corrected chi connectivity index (χ1v) is 6.07. The maximum absolute atomic E-state index is 11.6. The van der Waals surface area contributed by atoms with Crippen LogP contribution in [0.4, 0.5) is 5.69 Å². The summed E-state index contributed by atoms with van der Waals surface area (Å²) in [6.07, 6.45) is 0. The lowest BCUT2D eigenvalue weighted by atomic mass is 10.3. The number of rotatable bonds is 4. The average Bonchev–Trinajstić information content (AvgIpc) is 2.28. The van der Waals surface area contributed by atoms with Gasteiger partial charge in [0.2, 0.25) is 11.1 Å². The van der Waals surface area contributed by atoms with Crippen LogP contribution < -0.4 is 4.74 Å². The molecule has 0 aliphatic carbocycles. The van der Waals surface area contributed by atoms with Gasteiger partial charge in [-0.25, -0.2) is 8.42 Å². The third-order valence-corrected chi connectivity index (χ3v) is 3.67. The van der Waals surface area contributed by atoms with Gasteiger partial charge in [0.1, 0.15) is 0 Å². The summed E-state index contributed by atoms with van der Waals surface area (Å²) in [5, 5.41) is 17.3. The van der Waals surface area contributed by atoms with E-state index in [1.54, 1.807) is 0 Å². The third-order valence-electron chi connectivity index (χ3n) is 1.98. The van der Waals surface area contributed by atoms with E-state index in [4.69, 9.17) is 15.2 Å². The predicted octanol–water partition coefficient (Wildman–Crippen LogP) is 0.946. The Balaban J connectivity index is 3.25. The highest BCUT2D eigenvalue weighted by atomic mass is 32.2. The fourth-order valence-corrected chi connectivity index (χ4v) is 2.22. The normalized spacial score (nSPS) is 10.8. The number of hydrogen-bond acceptors (Lipinski definition) is 5. The third kappa shape index (κ3) is 2.48. The van der Waals surface area contributed by atoms with Crippen molar-refractivity contribution in [3.8, 4) is 5.75 Å². The molecule has 0 bridgehead atoms. The summed E-state index contributed by atoms with van der Waals surface area (Å²) in [5.41, 5.74) is 0.0292. The Labute approximate surface area is 93.0 Å². The molecule has 0 unspecified atom stereocenters. The van der Waals surface area contributed by atoms with E-state index in [0.717, 1.165) is 0 Å². The number of aliphatic hydroxyl groups is 1. The smallest absolute Gasteiger partial charge is 0.427 e. The molecule has 0 atom stereocenters. The molecule has 1 aromatic carbocycles. The van der Waals surface area contributed by atoms with E-state index in [2.05, 4.69) is 4.98 Å². The van der Waals surface area contributed by atoms with Crippen LogP contribution in [-0.4, -0.2) is 33.0 Å². The molecule has 0 saturated carbocycles. The fourth-order valence-electron chi connectivity index (χ4n) is 1.18. The van der Waals surface area contributed by atoms with E-state index in [1.807, 2.05) is 0 Å². The van der Waals surface area contributed by atoms with Crippen molar-refractivity contribution in [1.82, 2.24) is 0 Å². The SMILES string of the molecule is COc1ccc(S(=O)(=O)CCO)cc1[N+]#N. The second-order valence-corrected chi connectivity index (χ2v) is 5.09. The van der Waals surface area contributed by atoms with Gasteiger partial charge < -0.3 is 9.84 Å². The van der Waals surface area contributed by atoms with Crippen molar-refractivity contribution in [3.05, 3.63) is 23.2 Å². The molecular formula is C9H11N2O4S+. The first-order valence-electron chi connectivity index (χ1n) is 4.42. The molecule has 1 rings (SSSR count). The van der Waals surface area contributed by atoms with E-state index >= 15 is 0 Å². The Morgan fingerprint density at radius 2 is 2.19 bits per heavy atom. The topological polar surface area (TPSA) is 91.8 Å². The molecule has 7 heteroatoms. The van der Waals surface area contributed by atoms with Gasteiger partial charge in [-0.15, -0.1) is 0 Å². The lowest BCUT2D eigenvalue weighted by Gasteiger charge is -2.02. The largest absolute Gasteiger partial charge is 0.489 e. The highest BCUT2D eigenvalue weighted by Gasteiger charge is 2.21. The number of ether oxygens (including phenoxy) is 1. The van der Waals surface area contributed by atoms with Crippen LogP contribution in [0.15, 0.2) is 23.1 Å². The van der Waals surface area contributed by atoms with Gasteiger partial charge in [-0.05, 0) is 12.1 Å². The molecule has 0 aliphatic heterocycles. The van der Waals surface area contributed by atoms with E-state index in [-0.39, 0.29) is 22.1 Å². The van der Waals surface area contributed by atoms with Crippen molar-refractivity contribution in [3.63, 3.8) is 0 Å². The Morgan fingerprint density at radius 1 is 1.50 bits per heavy atom. The molecule has 86 valence electrons. The summed E-state index contributed by atoms with van der Waals surface area (Å²) >= 11 is 0. The summed E-state index contributed by atoms with van der Waals surface area (Å²) in [7, 11) is -2.16. The Morgan fingerprint density at radius 3 is 2.69 bits per heavy atom. The van der Waals surface area contributed by atoms with Gasteiger partial charge in [0, 0.05) is 0 Å².